The fourth-order valence-electron chi connectivity index (χ4n) is 0.985. The van der Waals surface area contributed by atoms with Crippen molar-refractivity contribution in [3.05, 3.63) is 12.2 Å². The molecule has 1 nitrogen and oxygen atoms in total. The number of halogens is 1. The number of hydrogen-bond acceptors (Lipinski definition) is 1. The Morgan fingerprint density at radius 2 is 2.07 bits per heavy atom. The minimum atomic E-state index is 0.827. The van der Waals surface area contributed by atoms with Gasteiger partial charge in [0.2, 0.25) is 0 Å². The average Bonchev–Trinajstić information content (AvgIpc) is 3.00. The van der Waals surface area contributed by atoms with Gasteiger partial charge in [-0.15, -0.1) is 11.6 Å². The summed E-state index contributed by atoms with van der Waals surface area (Å²) in [6.07, 6.45) is 10.7. The second-order valence-electron chi connectivity index (χ2n) is 3.65. The molecule has 84 valence electrons. The quantitative estimate of drug-likeness (QED) is 0.406. The highest BCUT2D eigenvalue weighted by Crippen LogP contribution is 2.17. The molecule has 1 fully saturated rings. The molecule has 0 aromatic heterocycles. The summed E-state index contributed by atoms with van der Waals surface area (Å²) in [7, 11) is 0. The zero-order chi connectivity index (χ0) is 10.6. The van der Waals surface area contributed by atoms with Gasteiger partial charge in [-0.3, -0.25) is 0 Å². The van der Waals surface area contributed by atoms with E-state index in [4.69, 9.17) is 11.6 Å². The van der Waals surface area contributed by atoms with Crippen LogP contribution in [0.3, 0.4) is 0 Å². The highest BCUT2D eigenvalue weighted by molar-refractivity contribution is 6.17. The van der Waals surface area contributed by atoms with Crippen LogP contribution in [-0.4, -0.2) is 18.5 Å². The molecule has 0 unspecified atom stereocenters. The Hall–Kier alpha value is -0.0100. The molecule has 0 radical (unpaired) electrons. The van der Waals surface area contributed by atoms with Gasteiger partial charge in [-0.05, 0) is 26.2 Å². The molecule has 2 heteroatoms. The van der Waals surface area contributed by atoms with E-state index in [-0.39, 0.29) is 0 Å². The van der Waals surface area contributed by atoms with E-state index in [1.807, 2.05) is 0 Å². The maximum absolute atomic E-state index is 5.38. The first kappa shape index (κ1) is 14.0. The van der Waals surface area contributed by atoms with Crippen molar-refractivity contribution in [1.82, 2.24) is 5.32 Å². The smallest absolute Gasteiger partial charge is 0.0223 e. The molecule has 0 amide bonds. The molecular weight excluding hydrogens is 194 g/mol. The van der Waals surface area contributed by atoms with Crippen LogP contribution in [0.15, 0.2) is 12.2 Å². The predicted octanol–water partition coefficient (Wildman–Crippen LogP) is 3.73. The second-order valence-corrected chi connectivity index (χ2v) is 4.03. The molecule has 1 N–H and O–H groups in total. The van der Waals surface area contributed by atoms with Crippen LogP contribution in [0.2, 0.25) is 0 Å². The molecule has 1 rings (SSSR count). The van der Waals surface area contributed by atoms with E-state index in [1.165, 1.54) is 32.1 Å². The van der Waals surface area contributed by atoms with Crippen molar-refractivity contribution in [1.29, 1.82) is 0 Å². The van der Waals surface area contributed by atoms with Crippen LogP contribution >= 0.6 is 11.6 Å². The van der Waals surface area contributed by atoms with E-state index < -0.39 is 0 Å². The maximum atomic E-state index is 5.38. The molecule has 0 aromatic carbocycles. The lowest BCUT2D eigenvalue weighted by molar-refractivity contribution is 0.753. The minimum Gasteiger partial charge on any atom is -0.311 e. The highest BCUT2D eigenvalue weighted by Gasteiger charge is 2.18. The molecular formula is C12H24ClN. The van der Waals surface area contributed by atoms with Crippen LogP contribution in [-0.2, 0) is 0 Å². The summed E-state index contributed by atoms with van der Waals surface area (Å²) in [5.41, 5.74) is 0. The van der Waals surface area contributed by atoms with Crippen molar-refractivity contribution in [2.75, 3.05) is 12.4 Å². The van der Waals surface area contributed by atoms with E-state index in [2.05, 4.69) is 31.3 Å². The van der Waals surface area contributed by atoms with Crippen molar-refractivity contribution in [3.63, 3.8) is 0 Å². The summed E-state index contributed by atoms with van der Waals surface area (Å²) in [5, 5.41) is 3.37. The summed E-state index contributed by atoms with van der Waals surface area (Å²) in [6, 6.07) is 0.853. The zero-order valence-electron chi connectivity index (χ0n) is 9.56. The largest absolute Gasteiger partial charge is 0.311 e. The molecule has 14 heavy (non-hydrogen) atoms. The van der Waals surface area contributed by atoms with Crippen molar-refractivity contribution >= 4 is 11.6 Å². The maximum Gasteiger partial charge on any atom is 0.0223 e. The van der Waals surface area contributed by atoms with Gasteiger partial charge in [-0.2, -0.15) is 0 Å². The van der Waals surface area contributed by atoms with Crippen LogP contribution in [0.5, 0.6) is 0 Å². The summed E-state index contributed by atoms with van der Waals surface area (Å²) in [5.74, 6) is 0.827. The predicted molar refractivity (Wildman–Crippen MR) is 66.1 cm³/mol. The molecule has 0 bridgehead atoms. The van der Waals surface area contributed by atoms with Gasteiger partial charge in [-0.25, -0.2) is 0 Å². The SMILES string of the molecule is C/C=C/CNC1CC1.CCCCCCl. The average molecular weight is 218 g/mol. The minimum absolute atomic E-state index is 0.827. The van der Waals surface area contributed by atoms with E-state index >= 15 is 0 Å². The number of alkyl halides is 1. The van der Waals surface area contributed by atoms with Gasteiger partial charge < -0.3 is 5.32 Å². The monoisotopic (exact) mass is 217 g/mol. The fraction of sp³-hybridized carbons (Fsp3) is 0.833. The third kappa shape index (κ3) is 12.0. The Balaban J connectivity index is 0.000000255. The molecule has 1 saturated carbocycles. The lowest BCUT2D eigenvalue weighted by atomic mass is 10.3. The second kappa shape index (κ2) is 11.1. The van der Waals surface area contributed by atoms with Gasteiger partial charge in [0.15, 0.2) is 0 Å². The van der Waals surface area contributed by atoms with Crippen molar-refractivity contribution < 1.29 is 0 Å². The fourth-order valence-corrected chi connectivity index (χ4v) is 1.17. The lowest BCUT2D eigenvalue weighted by Gasteiger charge is -1.92. The third-order valence-electron chi connectivity index (χ3n) is 2.07. The van der Waals surface area contributed by atoms with Gasteiger partial charge in [0.25, 0.3) is 0 Å². The first-order chi connectivity index (χ1) is 6.85. The van der Waals surface area contributed by atoms with Gasteiger partial charge in [0.1, 0.15) is 0 Å². The van der Waals surface area contributed by atoms with Crippen molar-refractivity contribution in [2.45, 2.75) is 52.0 Å². The van der Waals surface area contributed by atoms with Crippen LogP contribution in [0.1, 0.15) is 46.0 Å². The number of rotatable bonds is 6. The van der Waals surface area contributed by atoms with Crippen LogP contribution < -0.4 is 5.32 Å². The lowest BCUT2D eigenvalue weighted by Crippen LogP contribution is -2.15. The summed E-state index contributed by atoms with van der Waals surface area (Å²) in [6.45, 7) is 5.28. The first-order valence-corrected chi connectivity index (χ1v) is 6.29. The number of allylic oxidation sites excluding steroid dienone is 1. The zero-order valence-corrected chi connectivity index (χ0v) is 10.3. The van der Waals surface area contributed by atoms with Crippen LogP contribution in [0.25, 0.3) is 0 Å². The standard InChI is InChI=1S/C7H13N.C5H11Cl/c1-2-3-6-8-7-4-5-7;1-2-3-4-5-6/h2-3,7-8H,4-6H2,1H3;2-5H2,1H3/b3-2+;. The molecule has 0 spiro atoms. The Bertz CT molecular complexity index is 126. The number of nitrogens with one attached hydrogen (secondary N) is 1. The first-order valence-electron chi connectivity index (χ1n) is 5.75. The van der Waals surface area contributed by atoms with E-state index in [0.717, 1.165) is 18.5 Å². The Morgan fingerprint density at radius 3 is 2.43 bits per heavy atom. The third-order valence-corrected chi connectivity index (χ3v) is 2.34. The summed E-state index contributed by atoms with van der Waals surface area (Å²) < 4.78 is 0. The Labute approximate surface area is 93.9 Å². The molecule has 0 heterocycles. The van der Waals surface area contributed by atoms with Gasteiger partial charge in [0, 0.05) is 18.5 Å². The summed E-state index contributed by atoms with van der Waals surface area (Å²) >= 11 is 5.38. The molecule has 0 saturated heterocycles. The Morgan fingerprint density at radius 1 is 1.36 bits per heavy atom. The van der Waals surface area contributed by atoms with E-state index in [1.54, 1.807) is 0 Å². The highest BCUT2D eigenvalue weighted by atomic mass is 35.5. The molecule has 0 aromatic rings. The molecule has 0 atom stereocenters. The van der Waals surface area contributed by atoms with E-state index in [9.17, 15) is 0 Å². The topological polar surface area (TPSA) is 12.0 Å². The Kier molecular flexibility index (Phi) is 11.1. The molecule has 0 aliphatic heterocycles. The van der Waals surface area contributed by atoms with Gasteiger partial charge in [0.05, 0.1) is 0 Å². The van der Waals surface area contributed by atoms with Crippen molar-refractivity contribution in [3.8, 4) is 0 Å². The van der Waals surface area contributed by atoms with E-state index in [0.29, 0.717) is 0 Å². The summed E-state index contributed by atoms with van der Waals surface area (Å²) in [4.78, 5) is 0. The van der Waals surface area contributed by atoms with Crippen LogP contribution in [0, 0.1) is 0 Å². The normalized spacial score (nSPS) is 15.4. The van der Waals surface area contributed by atoms with Gasteiger partial charge in [-0.1, -0.05) is 31.9 Å². The number of unbranched alkanes of at least 4 members (excludes halogenated alkanes) is 2. The van der Waals surface area contributed by atoms with Crippen molar-refractivity contribution in [2.24, 2.45) is 0 Å². The van der Waals surface area contributed by atoms with Crippen LogP contribution in [0.4, 0.5) is 0 Å². The van der Waals surface area contributed by atoms with Gasteiger partial charge >= 0.3 is 0 Å². The molecule has 1 aliphatic carbocycles. The molecule has 1 aliphatic rings. The number of hydrogen-bond donors (Lipinski definition) is 1.